The van der Waals surface area contributed by atoms with E-state index in [1.807, 2.05) is 6.92 Å². The fourth-order valence-electron chi connectivity index (χ4n) is 1.56. The average molecular weight is 284 g/mol. The van der Waals surface area contributed by atoms with Gasteiger partial charge in [0.05, 0.1) is 4.90 Å². The first-order valence-corrected chi connectivity index (χ1v) is 7.87. The van der Waals surface area contributed by atoms with Crippen LogP contribution in [0.25, 0.3) is 0 Å². The van der Waals surface area contributed by atoms with E-state index in [4.69, 9.17) is 0 Å². The Hall–Kier alpha value is -1.40. The predicted molar refractivity (Wildman–Crippen MR) is 74.5 cm³/mol. The fraction of sp³-hybridized carbons (Fsp3) is 0.462. The molecule has 0 spiro atoms. The largest absolute Gasteiger partial charge is 0.352 e. The van der Waals surface area contributed by atoms with Crippen molar-refractivity contribution in [1.29, 1.82) is 0 Å². The molecule has 0 heterocycles. The van der Waals surface area contributed by atoms with Gasteiger partial charge >= 0.3 is 0 Å². The van der Waals surface area contributed by atoms with Crippen LogP contribution in [0.2, 0.25) is 0 Å². The summed E-state index contributed by atoms with van der Waals surface area (Å²) in [6.45, 7) is 4.66. The van der Waals surface area contributed by atoms with Gasteiger partial charge in [-0.05, 0) is 24.6 Å². The molecule has 1 rings (SSSR count). The van der Waals surface area contributed by atoms with Crippen LogP contribution in [0.3, 0.4) is 0 Å². The summed E-state index contributed by atoms with van der Waals surface area (Å²) in [6.07, 6.45) is 1.90. The maximum atomic E-state index is 11.8. The Labute approximate surface area is 114 Å². The third kappa shape index (κ3) is 4.65. The van der Waals surface area contributed by atoms with E-state index in [0.717, 1.165) is 12.8 Å². The monoisotopic (exact) mass is 284 g/mol. The van der Waals surface area contributed by atoms with Gasteiger partial charge in [0.15, 0.2) is 0 Å². The second kappa shape index (κ2) is 7.25. The van der Waals surface area contributed by atoms with Crippen LogP contribution in [0.1, 0.15) is 37.0 Å². The first-order valence-electron chi connectivity index (χ1n) is 6.39. The smallest absolute Gasteiger partial charge is 0.251 e. The molecule has 6 heteroatoms. The van der Waals surface area contributed by atoms with Crippen molar-refractivity contribution >= 4 is 15.9 Å². The maximum absolute atomic E-state index is 11.8. The minimum Gasteiger partial charge on any atom is -0.352 e. The number of carbonyl (C=O) groups is 1. The van der Waals surface area contributed by atoms with Crippen molar-refractivity contribution in [2.75, 3.05) is 13.1 Å². The second-order valence-corrected chi connectivity index (χ2v) is 5.91. The molecular formula is C13H20N2O3S. The molecule has 0 unspecified atom stereocenters. The first-order chi connectivity index (χ1) is 9.01. The van der Waals surface area contributed by atoms with Gasteiger partial charge in [-0.15, -0.1) is 0 Å². The van der Waals surface area contributed by atoms with Crippen LogP contribution >= 0.6 is 0 Å². The van der Waals surface area contributed by atoms with E-state index in [-0.39, 0.29) is 10.8 Å². The molecule has 106 valence electrons. The lowest BCUT2D eigenvalue weighted by Crippen LogP contribution is -2.26. The molecule has 0 aliphatic rings. The number of unbranched alkanes of at least 4 members (excludes halogenated alkanes) is 1. The number of benzene rings is 1. The molecule has 0 atom stereocenters. The lowest BCUT2D eigenvalue weighted by molar-refractivity contribution is 0.0953. The quantitative estimate of drug-likeness (QED) is 0.745. The van der Waals surface area contributed by atoms with Crippen LogP contribution < -0.4 is 10.0 Å². The van der Waals surface area contributed by atoms with Crippen LogP contribution in [0.15, 0.2) is 29.2 Å². The van der Waals surface area contributed by atoms with Crippen LogP contribution in [0, 0.1) is 0 Å². The zero-order valence-electron chi connectivity index (χ0n) is 11.3. The third-order valence-electron chi connectivity index (χ3n) is 2.56. The van der Waals surface area contributed by atoms with E-state index < -0.39 is 10.0 Å². The zero-order valence-corrected chi connectivity index (χ0v) is 12.1. The lowest BCUT2D eigenvalue weighted by Gasteiger charge is -2.07. The van der Waals surface area contributed by atoms with Crippen molar-refractivity contribution in [2.24, 2.45) is 0 Å². The molecule has 0 aliphatic carbocycles. The topological polar surface area (TPSA) is 75.3 Å². The fourth-order valence-corrected chi connectivity index (χ4v) is 2.65. The van der Waals surface area contributed by atoms with Crippen LogP contribution in [0.5, 0.6) is 0 Å². The molecule has 1 aromatic carbocycles. The highest BCUT2D eigenvalue weighted by Crippen LogP contribution is 2.11. The van der Waals surface area contributed by atoms with Crippen molar-refractivity contribution < 1.29 is 13.2 Å². The molecule has 0 aliphatic heterocycles. The number of amides is 1. The summed E-state index contributed by atoms with van der Waals surface area (Å²) < 4.78 is 26.0. The Morgan fingerprint density at radius 2 is 2.00 bits per heavy atom. The number of sulfonamides is 1. The molecule has 1 amide bonds. The molecule has 5 nitrogen and oxygen atoms in total. The van der Waals surface area contributed by atoms with Gasteiger partial charge in [-0.25, -0.2) is 13.1 Å². The van der Waals surface area contributed by atoms with E-state index in [1.165, 1.54) is 12.1 Å². The van der Waals surface area contributed by atoms with Crippen molar-refractivity contribution in [1.82, 2.24) is 10.0 Å². The molecule has 0 fully saturated rings. The molecular weight excluding hydrogens is 264 g/mol. The van der Waals surface area contributed by atoms with E-state index in [9.17, 15) is 13.2 Å². The van der Waals surface area contributed by atoms with Gasteiger partial charge in [-0.3, -0.25) is 4.79 Å². The van der Waals surface area contributed by atoms with Crippen molar-refractivity contribution in [3.8, 4) is 0 Å². The molecule has 0 aromatic heterocycles. The van der Waals surface area contributed by atoms with Crippen molar-refractivity contribution in [2.45, 2.75) is 31.6 Å². The van der Waals surface area contributed by atoms with E-state index in [1.54, 1.807) is 19.1 Å². The zero-order chi connectivity index (χ0) is 14.3. The van der Waals surface area contributed by atoms with Crippen LogP contribution in [-0.4, -0.2) is 27.4 Å². The predicted octanol–water partition coefficient (Wildman–Crippen LogP) is 1.51. The highest BCUT2D eigenvalue weighted by atomic mass is 32.2. The van der Waals surface area contributed by atoms with Gasteiger partial charge in [0.2, 0.25) is 10.0 Å². The van der Waals surface area contributed by atoms with Crippen molar-refractivity contribution in [3.63, 3.8) is 0 Å². The number of rotatable bonds is 7. The second-order valence-electron chi connectivity index (χ2n) is 4.14. The summed E-state index contributed by atoms with van der Waals surface area (Å²) in [5.74, 6) is -0.248. The minimum atomic E-state index is -3.52. The Morgan fingerprint density at radius 3 is 2.63 bits per heavy atom. The van der Waals surface area contributed by atoms with Gasteiger partial charge in [0.25, 0.3) is 5.91 Å². The summed E-state index contributed by atoms with van der Waals surface area (Å²) in [5.41, 5.74) is 0.357. The Morgan fingerprint density at radius 1 is 1.26 bits per heavy atom. The number of nitrogens with one attached hydrogen (secondary N) is 2. The minimum absolute atomic E-state index is 0.109. The summed E-state index contributed by atoms with van der Waals surface area (Å²) in [5, 5.41) is 2.76. The lowest BCUT2D eigenvalue weighted by atomic mass is 10.2. The molecule has 2 N–H and O–H groups in total. The maximum Gasteiger partial charge on any atom is 0.251 e. The van der Waals surface area contributed by atoms with E-state index in [0.29, 0.717) is 18.7 Å². The molecule has 0 saturated heterocycles. The normalized spacial score (nSPS) is 11.3. The van der Waals surface area contributed by atoms with Crippen LogP contribution in [0.4, 0.5) is 0 Å². The van der Waals surface area contributed by atoms with Gasteiger partial charge < -0.3 is 5.32 Å². The highest BCUT2D eigenvalue weighted by molar-refractivity contribution is 7.89. The Bertz CT molecular complexity index is 526. The van der Waals surface area contributed by atoms with E-state index >= 15 is 0 Å². The van der Waals surface area contributed by atoms with Gasteiger partial charge in [-0.1, -0.05) is 26.3 Å². The van der Waals surface area contributed by atoms with Gasteiger partial charge in [0.1, 0.15) is 0 Å². The first kappa shape index (κ1) is 15.7. The van der Waals surface area contributed by atoms with Gasteiger partial charge in [-0.2, -0.15) is 0 Å². The molecule has 0 saturated carbocycles. The number of hydrogen-bond acceptors (Lipinski definition) is 3. The average Bonchev–Trinajstić information content (AvgIpc) is 2.39. The third-order valence-corrected chi connectivity index (χ3v) is 4.10. The summed E-state index contributed by atoms with van der Waals surface area (Å²) in [4.78, 5) is 11.9. The summed E-state index contributed by atoms with van der Waals surface area (Å²) >= 11 is 0. The SMILES string of the molecule is CCCCNC(=O)c1cccc(S(=O)(=O)NCC)c1. The Kier molecular flexibility index (Phi) is 5.98. The van der Waals surface area contributed by atoms with Gasteiger partial charge in [0, 0.05) is 18.7 Å². The molecule has 1 aromatic rings. The standard InChI is InChI=1S/C13H20N2O3S/c1-3-5-9-14-13(16)11-7-6-8-12(10-11)19(17,18)15-4-2/h6-8,10,15H,3-5,9H2,1-2H3,(H,14,16). The number of hydrogen-bond donors (Lipinski definition) is 2. The molecule has 0 bridgehead atoms. The highest BCUT2D eigenvalue weighted by Gasteiger charge is 2.14. The molecule has 19 heavy (non-hydrogen) atoms. The Balaban J connectivity index is 2.85. The summed E-state index contributed by atoms with van der Waals surface area (Å²) in [7, 11) is -3.52. The van der Waals surface area contributed by atoms with Crippen LogP contribution in [-0.2, 0) is 10.0 Å². The number of carbonyl (C=O) groups excluding carboxylic acids is 1. The summed E-state index contributed by atoms with van der Waals surface area (Å²) in [6, 6.07) is 6.03. The van der Waals surface area contributed by atoms with Crippen molar-refractivity contribution in [3.05, 3.63) is 29.8 Å². The molecule has 0 radical (unpaired) electrons. The van der Waals surface area contributed by atoms with E-state index in [2.05, 4.69) is 10.0 Å².